The lowest BCUT2D eigenvalue weighted by molar-refractivity contribution is 0.0224. The summed E-state index contributed by atoms with van der Waals surface area (Å²) in [4.78, 5) is 17.6. The summed E-state index contributed by atoms with van der Waals surface area (Å²) < 4.78 is 5.09. The van der Waals surface area contributed by atoms with Crippen LogP contribution in [0.15, 0.2) is 0 Å². The van der Waals surface area contributed by atoms with Crippen LogP contribution < -0.4 is 5.48 Å². The van der Waals surface area contributed by atoms with Crippen LogP contribution in [0.1, 0.15) is 6.92 Å². The van der Waals surface area contributed by atoms with Crippen LogP contribution in [0, 0.1) is 0 Å². The van der Waals surface area contributed by atoms with Crippen molar-refractivity contribution in [2.45, 2.75) is 6.92 Å². The molecule has 0 aliphatic carbocycles. The van der Waals surface area contributed by atoms with Gasteiger partial charge in [-0.3, -0.25) is 4.84 Å². The zero-order chi connectivity index (χ0) is 8.81. The van der Waals surface area contributed by atoms with Gasteiger partial charge in [-0.1, -0.05) is 0 Å². The second-order valence-electron chi connectivity index (χ2n) is 2.44. The van der Waals surface area contributed by atoms with Gasteiger partial charge in [0.25, 0.3) is 0 Å². The average Bonchev–Trinajstić information content (AvgIpc) is 2.15. The third-order valence-corrected chi connectivity index (χ3v) is 1.60. The van der Waals surface area contributed by atoms with Crippen molar-refractivity contribution < 1.29 is 14.4 Å². The highest BCUT2D eigenvalue weighted by Crippen LogP contribution is 1.96. The summed E-state index contributed by atoms with van der Waals surface area (Å²) >= 11 is 0. The lowest BCUT2D eigenvalue weighted by Gasteiger charge is -2.26. The normalized spacial score (nSPS) is 17.6. The van der Waals surface area contributed by atoms with Crippen LogP contribution in [0.3, 0.4) is 0 Å². The molecule has 1 N–H and O–H groups in total. The van der Waals surface area contributed by atoms with E-state index in [0.717, 1.165) is 0 Å². The Morgan fingerprint density at radius 2 is 2.25 bits per heavy atom. The van der Waals surface area contributed by atoms with Gasteiger partial charge in [-0.25, -0.2) is 10.3 Å². The van der Waals surface area contributed by atoms with E-state index in [1.54, 1.807) is 4.90 Å². The summed E-state index contributed by atoms with van der Waals surface area (Å²) in [6.07, 6.45) is 0. The van der Waals surface area contributed by atoms with E-state index in [1.165, 1.54) is 0 Å². The fraction of sp³-hybridized carbons (Fsp3) is 0.857. The second kappa shape index (κ2) is 4.95. The van der Waals surface area contributed by atoms with E-state index in [0.29, 0.717) is 32.9 Å². The van der Waals surface area contributed by atoms with Gasteiger partial charge in [-0.2, -0.15) is 0 Å². The first-order valence-electron chi connectivity index (χ1n) is 4.09. The first-order chi connectivity index (χ1) is 5.84. The molecule has 5 nitrogen and oxygen atoms in total. The number of hydrogen-bond acceptors (Lipinski definition) is 3. The summed E-state index contributed by atoms with van der Waals surface area (Å²) in [7, 11) is 0. The fourth-order valence-corrected chi connectivity index (χ4v) is 0.965. The van der Waals surface area contributed by atoms with Gasteiger partial charge >= 0.3 is 6.03 Å². The van der Waals surface area contributed by atoms with Gasteiger partial charge < -0.3 is 9.64 Å². The molecule has 5 heteroatoms. The van der Waals surface area contributed by atoms with Crippen LogP contribution >= 0.6 is 0 Å². The Balaban J connectivity index is 2.20. The maximum Gasteiger partial charge on any atom is 0.341 e. The molecule has 12 heavy (non-hydrogen) atoms. The molecular weight excluding hydrogens is 160 g/mol. The number of carbonyl (C=O) groups excluding carboxylic acids is 1. The molecule has 1 fully saturated rings. The minimum absolute atomic E-state index is 0.180. The summed E-state index contributed by atoms with van der Waals surface area (Å²) in [5, 5.41) is 0. The molecule has 1 aliphatic heterocycles. The molecule has 0 aromatic rings. The molecule has 2 amide bonds. The number of hydroxylamine groups is 1. The van der Waals surface area contributed by atoms with Gasteiger partial charge in [0.1, 0.15) is 0 Å². The second-order valence-corrected chi connectivity index (χ2v) is 2.44. The Kier molecular flexibility index (Phi) is 3.83. The topological polar surface area (TPSA) is 50.8 Å². The Bertz CT molecular complexity index is 146. The van der Waals surface area contributed by atoms with E-state index >= 15 is 0 Å². The van der Waals surface area contributed by atoms with Crippen molar-refractivity contribution >= 4 is 6.03 Å². The number of morpholine rings is 1. The first kappa shape index (κ1) is 9.28. The summed E-state index contributed by atoms with van der Waals surface area (Å²) in [6, 6.07) is -0.180. The Morgan fingerprint density at radius 1 is 1.58 bits per heavy atom. The van der Waals surface area contributed by atoms with Gasteiger partial charge in [-0.05, 0) is 6.92 Å². The summed E-state index contributed by atoms with van der Waals surface area (Å²) in [5.41, 5.74) is 2.33. The SMILES string of the molecule is CCONC(=O)N1CCOCC1. The van der Waals surface area contributed by atoms with E-state index in [4.69, 9.17) is 9.57 Å². The lowest BCUT2D eigenvalue weighted by atomic mass is 10.4. The van der Waals surface area contributed by atoms with Gasteiger partial charge in [0.2, 0.25) is 0 Å². The molecule has 0 aromatic carbocycles. The molecule has 0 saturated carbocycles. The molecule has 0 aromatic heterocycles. The maximum atomic E-state index is 11.2. The van der Waals surface area contributed by atoms with Crippen molar-refractivity contribution in [1.29, 1.82) is 0 Å². The van der Waals surface area contributed by atoms with E-state index in [-0.39, 0.29) is 6.03 Å². The van der Waals surface area contributed by atoms with Crippen molar-refractivity contribution in [3.8, 4) is 0 Å². The molecule has 0 atom stereocenters. The van der Waals surface area contributed by atoms with Crippen molar-refractivity contribution in [2.24, 2.45) is 0 Å². The number of carbonyl (C=O) groups is 1. The van der Waals surface area contributed by atoms with E-state index in [1.807, 2.05) is 6.92 Å². The van der Waals surface area contributed by atoms with Crippen molar-refractivity contribution in [3.05, 3.63) is 0 Å². The average molecular weight is 174 g/mol. The number of nitrogens with one attached hydrogen (secondary N) is 1. The van der Waals surface area contributed by atoms with Gasteiger partial charge in [-0.15, -0.1) is 0 Å². The van der Waals surface area contributed by atoms with Crippen LogP contribution in [0.4, 0.5) is 4.79 Å². The number of urea groups is 1. The van der Waals surface area contributed by atoms with Crippen LogP contribution in [0.5, 0.6) is 0 Å². The molecular formula is C7H14N2O3. The van der Waals surface area contributed by atoms with Crippen LogP contribution in [0.25, 0.3) is 0 Å². The van der Waals surface area contributed by atoms with Gasteiger partial charge in [0.15, 0.2) is 0 Å². The first-order valence-corrected chi connectivity index (χ1v) is 4.09. The number of amides is 2. The standard InChI is InChI=1S/C7H14N2O3/c1-2-12-8-7(10)9-3-5-11-6-4-9/h2-6H2,1H3,(H,8,10). The highest BCUT2D eigenvalue weighted by atomic mass is 16.7. The summed E-state index contributed by atoms with van der Waals surface area (Å²) in [6.45, 7) is 4.80. The van der Waals surface area contributed by atoms with Gasteiger partial charge in [0, 0.05) is 13.1 Å². The van der Waals surface area contributed by atoms with E-state index in [9.17, 15) is 4.79 Å². The smallest absolute Gasteiger partial charge is 0.341 e. The van der Waals surface area contributed by atoms with Crippen LogP contribution in [0.2, 0.25) is 0 Å². The lowest BCUT2D eigenvalue weighted by Crippen LogP contribution is -2.46. The van der Waals surface area contributed by atoms with E-state index < -0.39 is 0 Å². The predicted octanol–water partition coefficient (Wildman–Crippen LogP) is -0.0203. The fourth-order valence-electron chi connectivity index (χ4n) is 0.965. The van der Waals surface area contributed by atoms with Crippen molar-refractivity contribution in [2.75, 3.05) is 32.9 Å². The third kappa shape index (κ3) is 2.67. The highest BCUT2D eigenvalue weighted by molar-refractivity contribution is 5.73. The number of ether oxygens (including phenoxy) is 1. The van der Waals surface area contributed by atoms with Crippen molar-refractivity contribution in [3.63, 3.8) is 0 Å². The zero-order valence-electron chi connectivity index (χ0n) is 7.21. The Hall–Kier alpha value is -0.810. The molecule has 0 spiro atoms. The number of hydrogen-bond donors (Lipinski definition) is 1. The van der Waals surface area contributed by atoms with Crippen molar-refractivity contribution in [1.82, 2.24) is 10.4 Å². The molecule has 1 aliphatic rings. The molecule has 0 radical (unpaired) electrons. The molecule has 70 valence electrons. The molecule has 0 unspecified atom stereocenters. The maximum absolute atomic E-state index is 11.2. The number of rotatable bonds is 2. The Labute approximate surface area is 71.6 Å². The van der Waals surface area contributed by atoms with E-state index in [2.05, 4.69) is 5.48 Å². The predicted molar refractivity (Wildman–Crippen MR) is 42.5 cm³/mol. The Morgan fingerprint density at radius 3 is 2.83 bits per heavy atom. The quantitative estimate of drug-likeness (QED) is 0.598. The third-order valence-electron chi connectivity index (χ3n) is 1.60. The number of nitrogens with zero attached hydrogens (tertiary/aromatic N) is 1. The molecule has 0 bridgehead atoms. The monoisotopic (exact) mass is 174 g/mol. The highest BCUT2D eigenvalue weighted by Gasteiger charge is 2.15. The summed E-state index contributed by atoms with van der Waals surface area (Å²) in [5.74, 6) is 0. The minimum Gasteiger partial charge on any atom is -0.378 e. The minimum atomic E-state index is -0.180. The molecule has 1 saturated heterocycles. The van der Waals surface area contributed by atoms with Crippen LogP contribution in [-0.4, -0.2) is 43.8 Å². The zero-order valence-corrected chi connectivity index (χ0v) is 7.21. The largest absolute Gasteiger partial charge is 0.378 e. The van der Waals surface area contributed by atoms with Gasteiger partial charge in [0.05, 0.1) is 19.8 Å². The molecule has 1 heterocycles. The van der Waals surface area contributed by atoms with Crippen LogP contribution in [-0.2, 0) is 9.57 Å². The molecule has 1 rings (SSSR count).